The van der Waals surface area contributed by atoms with Crippen molar-refractivity contribution in [3.05, 3.63) is 0 Å². The fourth-order valence-corrected chi connectivity index (χ4v) is 2.07. The Labute approximate surface area is 71.7 Å². The average Bonchev–Trinajstić information content (AvgIpc) is 2.84. The van der Waals surface area contributed by atoms with Gasteiger partial charge in [-0.05, 0) is 25.2 Å². The van der Waals surface area contributed by atoms with Crippen molar-refractivity contribution in [2.45, 2.75) is 25.4 Å². The predicted octanol–water partition coefficient (Wildman–Crippen LogP) is 1.19. The van der Waals surface area contributed by atoms with Crippen LogP contribution in [0, 0.1) is 11.8 Å². The summed E-state index contributed by atoms with van der Waals surface area (Å²) in [5, 5.41) is 3.96. The van der Waals surface area contributed by atoms with Gasteiger partial charge in [-0.15, -0.1) is 0 Å². The Balaban J connectivity index is 1.69. The summed E-state index contributed by atoms with van der Waals surface area (Å²) in [5.41, 5.74) is 1.13. The van der Waals surface area contributed by atoms with Crippen LogP contribution >= 0.6 is 0 Å². The molecule has 0 radical (unpaired) electrons. The van der Waals surface area contributed by atoms with Gasteiger partial charge in [0.15, 0.2) is 0 Å². The second-order valence-electron chi connectivity index (χ2n) is 4.00. The Morgan fingerprint density at radius 1 is 1.33 bits per heavy atom. The lowest BCUT2D eigenvalue weighted by molar-refractivity contribution is 0.0297. The summed E-state index contributed by atoms with van der Waals surface area (Å²) in [6, 6.07) is 0. The highest BCUT2D eigenvalue weighted by molar-refractivity contribution is 5.89. The molecule has 0 aromatic carbocycles. The van der Waals surface area contributed by atoms with E-state index in [2.05, 4.69) is 5.16 Å². The molecule has 66 valence electrons. The van der Waals surface area contributed by atoms with E-state index in [0.29, 0.717) is 18.6 Å². The highest BCUT2D eigenvalue weighted by Crippen LogP contribution is 2.39. The number of nitrogens with zero attached hydrogens (tertiary/aromatic N) is 1. The van der Waals surface area contributed by atoms with Gasteiger partial charge in [0, 0.05) is 5.92 Å². The van der Waals surface area contributed by atoms with Crippen LogP contribution in [0.4, 0.5) is 0 Å². The van der Waals surface area contributed by atoms with Gasteiger partial charge in [0.05, 0.1) is 18.4 Å². The van der Waals surface area contributed by atoms with Crippen LogP contribution in [0.15, 0.2) is 5.16 Å². The molecule has 3 heteroatoms. The monoisotopic (exact) mass is 167 g/mol. The van der Waals surface area contributed by atoms with E-state index in [1.165, 1.54) is 12.8 Å². The molecule has 2 unspecified atom stereocenters. The smallest absolute Gasteiger partial charge is 0.125 e. The maximum atomic E-state index is 5.70. The molecule has 0 N–H and O–H groups in total. The maximum Gasteiger partial charge on any atom is 0.125 e. The molecular weight excluding hydrogens is 154 g/mol. The molecule has 0 amide bonds. The first kappa shape index (κ1) is 6.89. The van der Waals surface area contributed by atoms with E-state index in [1.807, 2.05) is 0 Å². The molecule has 1 saturated carbocycles. The van der Waals surface area contributed by atoms with E-state index in [9.17, 15) is 0 Å². The molecule has 0 bridgehead atoms. The first-order valence-corrected chi connectivity index (χ1v) is 4.74. The molecule has 3 nitrogen and oxygen atoms in total. The number of hydrogen-bond donors (Lipinski definition) is 0. The zero-order valence-corrected chi connectivity index (χ0v) is 7.03. The summed E-state index contributed by atoms with van der Waals surface area (Å²) in [6.07, 6.45) is 4.38. The third kappa shape index (κ3) is 1.04. The van der Waals surface area contributed by atoms with Crippen LogP contribution in [0.1, 0.15) is 19.3 Å². The van der Waals surface area contributed by atoms with Gasteiger partial charge in [0.1, 0.15) is 6.61 Å². The van der Waals surface area contributed by atoms with E-state index in [-0.39, 0.29) is 0 Å². The van der Waals surface area contributed by atoms with Crippen molar-refractivity contribution in [3.8, 4) is 0 Å². The number of oxime groups is 1. The zero-order chi connectivity index (χ0) is 7.97. The Morgan fingerprint density at radius 3 is 3.08 bits per heavy atom. The molecule has 12 heavy (non-hydrogen) atoms. The predicted molar refractivity (Wildman–Crippen MR) is 44.0 cm³/mol. The lowest BCUT2D eigenvalue weighted by atomic mass is 9.93. The second-order valence-corrected chi connectivity index (χ2v) is 4.00. The van der Waals surface area contributed by atoms with Gasteiger partial charge in [-0.3, -0.25) is 0 Å². The Bertz CT molecular complexity index is 223. The molecular formula is C9H13NO2. The Kier molecular flexibility index (Phi) is 1.41. The van der Waals surface area contributed by atoms with Crippen LogP contribution in [0.3, 0.4) is 0 Å². The van der Waals surface area contributed by atoms with Crippen LogP contribution in [-0.2, 0) is 9.57 Å². The molecule has 1 aliphatic carbocycles. The van der Waals surface area contributed by atoms with Gasteiger partial charge in [-0.1, -0.05) is 5.16 Å². The number of ether oxygens (including phenoxy) is 1. The van der Waals surface area contributed by atoms with Crippen molar-refractivity contribution in [2.75, 3.05) is 13.2 Å². The van der Waals surface area contributed by atoms with Crippen LogP contribution in [-0.4, -0.2) is 25.0 Å². The van der Waals surface area contributed by atoms with Gasteiger partial charge in [0.2, 0.25) is 0 Å². The van der Waals surface area contributed by atoms with Crippen molar-refractivity contribution in [1.29, 1.82) is 0 Å². The number of hydrogen-bond acceptors (Lipinski definition) is 3. The Hall–Kier alpha value is -0.570. The minimum absolute atomic E-state index is 0.510. The van der Waals surface area contributed by atoms with E-state index >= 15 is 0 Å². The highest BCUT2D eigenvalue weighted by atomic mass is 16.6. The fourth-order valence-electron chi connectivity index (χ4n) is 2.07. The van der Waals surface area contributed by atoms with Gasteiger partial charge in [0.25, 0.3) is 0 Å². The van der Waals surface area contributed by atoms with Crippen molar-refractivity contribution >= 4 is 5.71 Å². The molecule has 2 atom stereocenters. The molecule has 0 aromatic heterocycles. The lowest BCUT2D eigenvalue weighted by Crippen LogP contribution is -2.34. The van der Waals surface area contributed by atoms with Crippen LogP contribution in [0.5, 0.6) is 0 Å². The van der Waals surface area contributed by atoms with Gasteiger partial charge in [-0.25, -0.2) is 0 Å². The molecule has 3 aliphatic rings. The highest BCUT2D eigenvalue weighted by Gasteiger charge is 2.39. The number of rotatable bonds is 1. The molecule has 0 spiro atoms. The number of fused-ring (bicyclic) bond motifs is 1. The fraction of sp³-hybridized carbons (Fsp3) is 0.889. The van der Waals surface area contributed by atoms with E-state index < -0.39 is 0 Å². The molecule has 2 aliphatic heterocycles. The minimum Gasteiger partial charge on any atom is -0.395 e. The van der Waals surface area contributed by atoms with Crippen LogP contribution in [0.2, 0.25) is 0 Å². The largest absolute Gasteiger partial charge is 0.395 e. The summed E-state index contributed by atoms with van der Waals surface area (Å²) in [6.45, 7) is 1.51. The maximum absolute atomic E-state index is 5.70. The normalized spacial score (nSPS) is 40.2. The summed E-state index contributed by atoms with van der Waals surface area (Å²) >= 11 is 0. The third-order valence-corrected chi connectivity index (χ3v) is 3.04. The second kappa shape index (κ2) is 2.46. The molecule has 1 saturated heterocycles. The summed E-state index contributed by atoms with van der Waals surface area (Å²) in [4.78, 5) is 5.05. The van der Waals surface area contributed by atoms with E-state index in [0.717, 1.165) is 24.7 Å². The van der Waals surface area contributed by atoms with Crippen LogP contribution in [0.25, 0.3) is 0 Å². The summed E-state index contributed by atoms with van der Waals surface area (Å²) < 4.78 is 5.70. The molecule has 3 rings (SSSR count). The topological polar surface area (TPSA) is 30.8 Å². The molecule has 2 fully saturated rings. The van der Waals surface area contributed by atoms with Gasteiger partial charge < -0.3 is 9.57 Å². The van der Waals surface area contributed by atoms with Crippen molar-refractivity contribution in [3.63, 3.8) is 0 Å². The van der Waals surface area contributed by atoms with Gasteiger partial charge >= 0.3 is 0 Å². The molecule has 0 aromatic rings. The van der Waals surface area contributed by atoms with Crippen molar-refractivity contribution in [1.82, 2.24) is 0 Å². The summed E-state index contributed by atoms with van der Waals surface area (Å²) in [5.74, 6) is 1.43. The summed E-state index contributed by atoms with van der Waals surface area (Å²) in [7, 11) is 0. The van der Waals surface area contributed by atoms with E-state index in [4.69, 9.17) is 9.57 Å². The van der Waals surface area contributed by atoms with Crippen molar-refractivity contribution in [2.24, 2.45) is 17.0 Å². The minimum atomic E-state index is 0.510. The zero-order valence-electron chi connectivity index (χ0n) is 7.03. The quantitative estimate of drug-likeness (QED) is 0.587. The lowest BCUT2D eigenvalue weighted by Gasteiger charge is -2.26. The molecule has 2 heterocycles. The van der Waals surface area contributed by atoms with Crippen molar-refractivity contribution < 1.29 is 9.57 Å². The van der Waals surface area contributed by atoms with Crippen LogP contribution < -0.4 is 0 Å². The first-order chi connectivity index (χ1) is 5.93. The SMILES string of the molecule is C1OC(C2CC2)CC2CON=C12. The first-order valence-electron chi connectivity index (χ1n) is 4.74. The van der Waals surface area contributed by atoms with E-state index in [1.54, 1.807) is 0 Å². The average molecular weight is 167 g/mol. The third-order valence-electron chi connectivity index (χ3n) is 3.04. The van der Waals surface area contributed by atoms with Gasteiger partial charge in [-0.2, -0.15) is 0 Å². The Morgan fingerprint density at radius 2 is 2.25 bits per heavy atom. The standard InChI is InChI=1S/C9H13NO2/c1-2-6(1)9-3-7-4-12-10-8(7)5-11-9/h6-7,9H,1-5H2.